The number of quaternary nitrogens is 1. The number of benzene rings is 2. The van der Waals surface area contributed by atoms with Crippen molar-refractivity contribution in [3.63, 3.8) is 0 Å². The normalized spacial score (nSPS) is 22.5. The highest BCUT2D eigenvalue weighted by Gasteiger charge is 2.28. The molecule has 2 fully saturated rings. The molecule has 2 N–H and O–H groups in total. The second kappa shape index (κ2) is 11.3. The molecule has 0 unspecified atom stereocenters. The number of rotatable bonds is 7. The average molecular weight is 422 g/mol. The first-order valence-electron chi connectivity index (χ1n) is 12.2. The van der Waals surface area contributed by atoms with Gasteiger partial charge in [0.1, 0.15) is 18.9 Å². The number of ether oxygens (including phenoxy) is 1. The van der Waals surface area contributed by atoms with Gasteiger partial charge in [-0.1, -0.05) is 56.0 Å². The number of carbonyl (C=O) groups excluding carboxylic acids is 1. The van der Waals surface area contributed by atoms with Crippen LogP contribution in [0.2, 0.25) is 0 Å². The van der Waals surface area contributed by atoms with Crippen molar-refractivity contribution in [2.45, 2.75) is 70.6 Å². The van der Waals surface area contributed by atoms with Crippen LogP contribution in [0, 0.1) is 5.92 Å². The van der Waals surface area contributed by atoms with Gasteiger partial charge in [0.05, 0.1) is 13.1 Å². The molecule has 4 nitrogen and oxygen atoms in total. The van der Waals surface area contributed by atoms with E-state index in [0.29, 0.717) is 18.6 Å². The lowest BCUT2D eigenvalue weighted by atomic mass is 9.94. The fourth-order valence-electron chi connectivity index (χ4n) is 4.94. The first-order valence-corrected chi connectivity index (χ1v) is 12.2. The van der Waals surface area contributed by atoms with Crippen molar-refractivity contribution < 1.29 is 14.4 Å². The molecule has 0 bridgehead atoms. The van der Waals surface area contributed by atoms with Gasteiger partial charge in [-0.25, -0.2) is 0 Å². The van der Waals surface area contributed by atoms with Gasteiger partial charge in [0.15, 0.2) is 0 Å². The molecule has 0 aromatic heterocycles. The summed E-state index contributed by atoms with van der Waals surface area (Å²) in [5.41, 5.74) is 2.52. The zero-order valence-electron chi connectivity index (χ0n) is 18.7. The van der Waals surface area contributed by atoms with Crippen LogP contribution in [0.4, 0.5) is 0 Å². The van der Waals surface area contributed by atoms with Crippen LogP contribution >= 0.6 is 0 Å². The summed E-state index contributed by atoms with van der Waals surface area (Å²) in [5.74, 6) is 1.43. The minimum Gasteiger partial charge on any atom is -0.489 e. The van der Waals surface area contributed by atoms with E-state index in [4.69, 9.17) is 4.74 Å². The first kappa shape index (κ1) is 21.9. The monoisotopic (exact) mass is 421 g/mol. The molecule has 2 aromatic rings. The molecule has 2 aliphatic rings. The summed E-state index contributed by atoms with van der Waals surface area (Å²) in [5, 5.41) is 3.36. The van der Waals surface area contributed by atoms with E-state index >= 15 is 0 Å². The summed E-state index contributed by atoms with van der Waals surface area (Å²) in [6.45, 7) is 3.78. The van der Waals surface area contributed by atoms with Crippen molar-refractivity contribution in [1.29, 1.82) is 0 Å². The Bertz CT molecular complexity index is 790. The fraction of sp³-hybridized carbons (Fsp3) is 0.519. The zero-order chi connectivity index (χ0) is 21.3. The van der Waals surface area contributed by atoms with Crippen LogP contribution in [0.15, 0.2) is 54.6 Å². The Morgan fingerprint density at radius 2 is 1.52 bits per heavy atom. The van der Waals surface area contributed by atoms with E-state index in [-0.39, 0.29) is 5.92 Å². The van der Waals surface area contributed by atoms with Crippen molar-refractivity contribution in [1.82, 2.24) is 5.32 Å². The maximum absolute atomic E-state index is 12.7. The molecule has 1 heterocycles. The summed E-state index contributed by atoms with van der Waals surface area (Å²) in [4.78, 5) is 14.3. The lowest BCUT2D eigenvalue weighted by molar-refractivity contribution is -0.919. The van der Waals surface area contributed by atoms with E-state index in [1.807, 2.05) is 18.2 Å². The third-order valence-electron chi connectivity index (χ3n) is 6.89. The topological polar surface area (TPSA) is 42.8 Å². The van der Waals surface area contributed by atoms with Gasteiger partial charge in [-0.05, 0) is 42.7 Å². The first-order chi connectivity index (χ1) is 15.3. The van der Waals surface area contributed by atoms with Crippen LogP contribution in [0.5, 0.6) is 5.75 Å². The van der Waals surface area contributed by atoms with Gasteiger partial charge in [0, 0.05) is 30.4 Å². The van der Waals surface area contributed by atoms with E-state index < -0.39 is 0 Å². The van der Waals surface area contributed by atoms with Crippen LogP contribution in [0.25, 0.3) is 0 Å². The van der Waals surface area contributed by atoms with E-state index in [9.17, 15) is 4.79 Å². The number of hydrogen-bond acceptors (Lipinski definition) is 2. The second-order valence-electron chi connectivity index (χ2n) is 9.32. The number of carbonyl (C=O) groups is 1. The molecule has 1 saturated heterocycles. The van der Waals surface area contributed by atoms with Gasteiger partial charge in [0.25, 0.3) is 0 Å². The van der Waals surface area contributed by atoms with E-state index in [2.05, 4.69) is 41.7 Å². The Balaban J connectivity index is 1.18. The molecular formula is C27H37N2O2+. The number of nitrogens with one attached hydrogen (secondary N) is 2. The van der Waals surface area contributed by atoms with Crippen molar-refractivity contribution >= 4 is 5.91 Å². The number of amides is 1. The zero-order valence-corrected chi connectivity index (χ0v) is 18.7. The predicted molar refractivity (Wildman–Crippen MR) is 124 cm³/mol. The molecule has 1 amide bonds. The Morgan fingerprint density at radius 3 is 2.19 bits per heavy atom. The molecular weight excluding hydrogens is 384 g/mol. The quantitative estimate of drug-likeness (QED) is 0.666. The maximum atomic E-state index is 12.7. The highest BCUT2D eigenvalue weighted by molar-refractivity contribution is 5.79. The number of piperidine rings is 1. The third-order valence-corrected chi connectivity index (χ3v) is 6.89. The van der Waals surface area contributed by atoms with Crippen LogP contribution < -0.4 is 15.0 Å². The highest BCUT2D eigenvalue weighted by Crippen LogP contribution is 2.19. The SMILES string of the molecule is O=C(NC1CCCCCC1)C1CC[NH+](Cc2ccc(OCc3ccccc3)cc2)CC1. The Labute approximate surface area is 187 Å². The molecule has 166 valence electrons. The van der Waals surface area contributed by atoms with Crippen LogP contribution in [-0.4, -0.2) is 25.0 Å². The van der Waals surface area contributed by atoms with Gasteiger partial charge >= 0.3 is 0 Å². The Morgan fingerprint density at radius 1 is 0.839 bits per heavy atom. The van der Waals surface area contributed by atoms with Crippen molar-refractivity contribution in [2.75, 3.05) is 13.1 Å². The largest absolute Gasteiger partial charge is 0.489 e. The van der Waals surface area contributed by atoms with Gasteiger partial charge in [-0.2, -0.15) is 0 Å². The molecule has 31 heavy (non-hydrogen) atoms. The predicted octanol–water partition coefficient (Wildman–Crippen LogP) is 3.90. The van der Waals surface area contributed by atoms with Gasteiger partial charge in [0.2, 0.25) is 5.91 Å². The lowest BCUT2D eigenvalue weighted by Gasteiger charge is -2.30. The van der Waals surface area contributed by atoms with Crippen molar-refractivity contribution in [3.05, 3.63) is 65.7 Å². The second-order valence-corrected chi connectivity index (χ2v) is 9.32. The average Bonchev–Trinajstić information content (AvgIpc) is 3.08. The minimum atomic E-state index is 0.209. The molecule has 0 atom stereocenters. The minimum absolute atomic E-state index is 0.209. The summed E-state index contributed by atoms with van der Waals surface area (Å²) in [7, 11) is 0. The standard InChI is InChI=1S/C27H36N2O2/c30-27(28-25-10-6-1-2-7-11-25)24-16-18-29(19-17-24)20-22-12-14-26(15-13-22)31-21-23-8-4-3-5-9-23/h3-5,8-9,12-15,24-25H,1-2,6-7,10-11,16-21H2,(H,28,30)/p+1. The molecule has 1 aliphatic carbocycles. The summed E-state index contributed by atoms with van der Waals surface area (Å²) in [6.07, 6.45) is 9.54. The molecule has 1 saturated carbocycles. The fourth-order valence-corrected chi connectivity index (χ4v) is 4.94. The van der Waals surface area contributed by atoms with Crippen LogP contribution in [0.1, 0.15) is 62.5 Å². The summed E-state index contributed by atoms with van der Waals surface area (Å²) < 4.78 is 5.90. The number of hydrogen-bond donors (Lipinski definition) is 2. The van der Waals surface area contributed by atoms with Gasteiger partial charge < -0.3 is 15.0 Å². The Kier molecular flexibility index (Phi) is 8.00. The van der Waals surface area contributed by atoms with Crippen LogP contribution in [0.3, 0.4) is 0 Å². The van der Waals surface area contributed by atoms with Crippen molar-refractivity contribution in [3.8, 4) is 5.75 Å². The third kappa shape index (κ3) is 6.83. The smallest absolute Gasteiger partial charge is 0.223 e. The lowest BCUT2D eigenvalue weighted by Crippen LogP contribution is -3.11. The molecule has 2 aromatic carbocycles. The Hall–Kier alpha value is -2.33. The van der Waals surface area contributed by atoms with Gasteiger partial charge in [-0.15, -0.1) is 0 Å². The van der Waals surface area contributed by atoms with E-state index in [0.717, 1.165) is 38.2 Å². The molecule has 1 aliphatic heterocycles. The summed E-state index contributed by atoms with van der Waals surface area (Å²) >= 11 is 0. The van der Waals surface area contributed by atoms with E-state index in [1.54, 1.807) is 4.90 Å². The van der Waals surface area contributed by atoms with Gasteiger partial charge in [-0.3, -0.25) is 4.79 Å². The maximum Gasteiger partial charge on any atom is 0.223 e. The molecule has 0 spiro atoms. The molecule has 4 rings (SSSR count). The van der Waals surface area contributed by atoms with Crippen molar-refractivity contribution in [2.24, 2.45) is 5.92 Å². The molecule has 4 heteroatoms. The highest BCUT2D eigenvalue weighted by atomic mass is 16.5. The number of likely N-dealkylation sites (tertiary alicyclic amines) is 1. The van der Waals surface area contributed by atoms with E-state index in [1.165, 1.54) is 49.7 Å². The molecule has 0 radical (unpaired) electrons. The summed E-state index contributed by atoms with van der Waals surface area (Å²) in [6, 6.07) is 19.2. The van der Waals surface area contributed by atoms with Crippen LogP contribution in [-0.2, 0) is 17.9 Å².